The average Bonchev–Trinajstić information content (AvgIpc) is 2.85. The number of rotatable bonds is 8. The summed E-state index contributed by atoms with van der Waals surface area (Å²) < 4.78 is 22.7. The summed E-state index contributed by atoms with van der Waals surface area (Å²) in [6.45, 7) is 0. The summed E-state index contributed by atoms with van der Waals surface area (Å²) in [7, 11) is 3.20. The van der Waals surface area contributed by atoms with Gasteiger partial charge in [-0.15, -0.1) is 10.2 Å². The molecule has 6 heteroatoms. The molecule has 4 aromatic carbocycles. The van der Waals surface area contributed by atoms with E-state index in [-0.39, 0.29) is 0 Å². The van der Waals surface area contributed by atoms with Crippen LogP contribution in [0.4, 0.5) is 11.4 Å². The standard InChI is InChI=1S/C26H22N2O4/c1-29-21-13-15-25(31-19-9-5-3-6-10-19)23(17-21)27-28-24-18-22(30-2)14-16-26(24)32-20-11-7-4-8-12-20/h3-18H,1-2H3. The lowest BCUT2D eigenvalue weighted by molar-refractivity contribution is 0.412. The van der Waals surface area contributed by atoms with Gasteiger partial charge < -0.3 is 18.9 Å². The van der Waals surface area contributed by atoms with Gasteiger partial charge >= 0.3 is 0 Å². The minimum atomic E-state index is 0.515. The van der Waals surface area contributed by atoms with Gasteiger partial charge in [0, 0.05) is 12.1 Å². The highest BCUT2D eigenvalue weighted by Crippen LogP contribution is 2.39. The molecule has 0 aliphatic carbocycles. The molecule has 0 atom stereocenters. The Balaban J connectivity index is 1.68. The zero-order chi connectivity index (χ0) is 22.2. The van der Waals surface area contributed by atoms with Gasteiger partial charge in [0.25, 0.3) is 0 Å². The summed E-state index contributed by atoms with van der Waals surface area (Å²) in [5, 5.41) is 8.89. The highest BCUT2D eigenvalue weighted by Gasteiger charge is 2.10. The quantitative estimate of drug-likeness (QED) is 0.271. The molecule has 0 radical (unpaired) electrons. The number of ether oxygens (including phenoxy) is 4. The van der Waals surface area contributed by atoms with Gasteiger partial charge in [-0.1, -0.05) is 36.4 Å². The Hall–Kier alpha value is -4.32. The van der Waals surface area contributed by atoms with Crippen LogP contribution in [0.3, 0.4) is 0 Å². The van der Waals surface area contributed by atoms with Crippen LogP contribution in [0.5, 0.6) is 34.5 Å². The van der Waals surface area contributed by atoms with Crippen LogP contribution in [0.1, 0.15) is 0 Å². The summed E-state index contributed by atoms with van der Waals surface area (Å²) in [5.74, 6) is 3.78. The largest absolute Gasteiger partial charge is 0.497 e. The maximum Gasteiger partial charge on any atom is 0.155 e. The molecule has 0 heterocycles. The highest BCUT2D eigenvalue weighted by molar-refractivity contribution is 5.59. The van der Waals surface area contributed by atoms with Crippen LogP contribution in [-0.4, -0.2) is 14.2 Å². The Bertz CT molecular complexity index is 1100. The third-order valence-corrected chi connectivity index (χ3v) is 4.54. The molecule has 0 unspecified atom stereocenters. The van der Waals surface area contributed by atoms with E-state index in [2.05, 4.69) is 10.2 Å². The second kappa shape index (κ2) is 10.1. The lowest BCUT2D eigenvalue weighted by atomic mass is 10.2. The first kappa shape index (κ1) is 20.9. The summed E-state index contributed by atoms with van der Waals surface area (Å²) in [6.07, 6.45) is 0. The number of hydrogen-bond acceptors (Lipinski definition) is 6. The van der Waals surface area contributed by atoms with Crippen molar-refractivity contribution >= 4 is 11.4 Å². The Kier molecular flexibility index (Phi) is 6.63. The maximum atomic E-state index is 6.00. The van der Waals surface area contributed by atoms with E-state index in [0.29, 0.717) is 45.9 Å². The van der Waals surface area contributed by atoms with Crippen molar-refractivity contribution in [1.29, 1.82) is 0 Å². The molecule has 0 saturated carbocycles. The van der Waals surface area contributed by atoms with E-state index in [1.165, 1.54) is 0 Å². The van der Waals surface area contributed by atoms with Gasteiger partial charge in [-0.05, 0) is 48.5 Å². The van der Waals surface area contributed by atoms with Crippen LogP contribution in [0.2, 0.25) is 0 Å². The third kappa shape index (κ3) is 5.23. The molecule has 4 aromatic rings. The zero-order valence-corrected chi connectivity index (χ0v) is 17.8. The minimum Gasteiger partial charge on any atom is -0.497 e. The van der Waals surface area contributed by atoms with E-state index < -0.39 is 0 Å². The molecule has 0 saturated heterocycles. The van der Waals surface area contributed by atoms with Crippen molar-refractivity contribution in [2.24, 2.45) is 10.2 Å². The first-order valence-electron chi connectivity index (χ1n) is 9.99. The van der Waals surface area contributed by atoms with Gasteiger partial charge in [-0.2, -0.15) is 0 Å². The molecular formula is C26H22N2O4. The van der Waals surface area contributed by atoms with Crippen LogP contribution in [0.25, 0.3) is 0 Å². The van der Waals surface area contributed by atoms with Crippen molar-refractivity contribution in [3.63, 3.8) is 0 Å². The fraction of sp³-hybridized carbons (Fsp3) is 0.0769. The monoisotopic (exact) mass is 426 g/mol. The van der Waals surface area contributed by atoms with Crippen molar-refractivity contribution in [3.05, 3.63) is 97.1 Å². The predicted octanol–water partition coefficient (Wildman–Crippen LogP) is 7.70. The summed E-state index contributed by atoms with van der Waals surface area (Å²) >= 11 is 0. The topological polar surface area (TPSA) is 61.6 Å². The summed E-state index contributed by atoms with van der Waals surface area (Å²) in [4.78, 5) is 0. The van der Waals surface area contributed by atoms with E-state index in [1.807, 2.05) is 72.8 Å². The molecule has 0 fully saturated rings. The van der Waals surface area contributed by atoms with Crippen molar-refractivity contribution in [2.75, 3.05) is 14.2 Å². The van der Waals surface area contributed by atoms with Crippen molar-refractivity contribution in [2.45, 2.75) is 0 Å². The normalized spacial score (nSPS) is 10.7. The Morgan fingerprint density at radius 2 is 0.875 bits per heavy atom. The number of methoxy groups -OCH3 is 2. The highest BCUT2D eigenvalue weighted by atomic mass is 16.5. The van der Waals surface area contributed by atoms with E-state index in [4.69, 9.17) is 18.9 Å². The molecule has 0 aliphatic heterocycles. The van der Waals surface area contributed by atoms with E-state index >= 15 is 0 Å². The van der Waals surface area contributed by atoms with Gasteiger partial charge in [-0.3, -0.25) is 0 Å². The maximum absolute atomic E-state index is 6.00. The lowest BCUT2D eigenvalue weighted by Crippen LogP contribution is -1.88. The van der Waals surface area contributed by atoms with E-state index in [0.717, 1.165) is 0 Å². The SMILES string of the molecule is COc1ccc(Oc2ccccc2)c(N=Nc2cc(OC)ccc2Oc2ccccc2)c1. The lowest BCUT2D eigenvalue weighted by Gasteiger charge is -2.11. The van der Waals surface area contributed by atoms with Crippen molar-refractivity contribution in [3.8, 4) is 34.5 Å². The first-order valence-corrected chi connectivity index (χ1v) is 9.99. The predicted molar refractivity (Wildman–Crippen MR) is 123 cm³/mol. The van der Waals surface area contributed by atoms with Crippen LogP contribution < -0.4 is 18.9 Å². The average molecular weight is 426 g/mol. The zero-order valence-electron chi connectivity index (χ0n) is 17.8. The van der Waals surface area contributed by atoms with Crippen LogP contribution in [0, 0.1) is 0 Å². The molecule has 6 nitrogen and oxygen atoms in total. The molecule has 4 rings (SSSR count). The summed E-state index contributed by atoms with van der Waals surface area (Å²) in [5.41, 5.74) is 1.03. The Morgan fingerprint density at radius 3 is 1.25 bits per heavy atom. The minimum absolute atomic E-state index is 0.515. The molecule has 32 heavy (non-hydrogen) atoms. The number of para-hydroxylation sites is 2. The molecule has 0 amide bonds. The molecular weight excluding hydrogens is 404 g/mol. The molecule has 0 aromatic heterocycles. The van der Waals surface area contributed by atoms with Gasteiger partial charge in [0.05, 0.1) is 14.2 Å². The van der Waals surface area contributed by atoms with Crippen LogP contribution in [-0.2, 0) is 0 Å². The van der Waals surface area contributed by atoms with Crippen LogP contribution >= 0.6 is 0 Å². The van der Waals surface area contributed by atoms with Gasteiger partial charge in [0.2, 0.25) is 0 Å². The van der Waals surface area contributed by atoms with Gasteiger partial charge in [0.15, 0.2) is 11.5 Å². The van der Waals surface area contributed by atoms with Gasteiger partial charge in [-0.25, -0.2) is 0 Å². The number of hydrogen-bond donors (Lipinski definition) is 0. The number of azo groups is 1. The molecule has 0 bridgehead atoms. The van der Waals surface area contributed by atoms with Crippen molar-refractivity contribution < 1.29 is 18.9 Å². The smallest absolute Gasteiger partial charge is 0.155 e. The first-order chi connectivity index (χ1) is 15.7. The van der Waals surface area contributed by atoms with Crippen LogP contribution in [0.15, 0.2) is 107 Å². The molecule has 160 valence electrons. The molecule has 0 spiro atoms. The fourth-order valence-electron chi connectivity index (χ4n) is 2.92. The van der Waals surface area contributed by atoms with Gasteiger partial charge in [0.1, 0.15) is 34.4 Å². The fourth-order valence-corrected chi connectivity index (χ4v) is 2.92. The molecule has 0 N–H and O–H groups in total. The Morgan fingerprint density at radius 1 is 0.469 bits per heavy atom. The molecule has 0 aliphatic rings. The third-order valence-electron chi connectivity index (χ3n) is 4.54. The Labute approximate surface area is 186 Å². The second-order valence-corrected chi connectivity index (χ2v) is 6.70. The summed E-state index contributed by atoms with van der Waals surface area (Å²) in [6, 6.07) is 29.7. The number of benzene rings is 4. The number of nitrogens with zero attached hydrogens (tertiary/aromatic N) is 2. The van der Waals surface area contributed by atoms with Crippen molar-refractivity contribution in [1.82, 2.24) is 0 Å². The van der Waals surface area contributed by atoms with E-state index in [1.54, 1.807) is 38.5 Å². The van der Waals surface area contributed by atoms with E-state index in [9.17, 15) is 0 Å². The second-order valence-electron chi connectivity index (χ2n) is 6.70.